The highest BCUT2D eigenvalue weighted by atomic mass is 79.9. The number of benzene rings is 1. The molecule has 0 aliphatic carbocycles. The van der Waals surface area contributed by atoms with Crippen molar-refractivity contribution in [1.82, 2.24) is 4.90 Å². The molecule has 0 radical (unpaired) electrons. The van der Waals surface area contributed by atoms with E-state index in [0.717, 1.165) is 56.3 Å². The minimum Gasteiger partial charge on any atom is -0.497 e. The third kappa shape index (κ3) is 7.27. The summed E-state index contributed by atoms with van der Waals surface area (Å²) < 4.78 is 17.3. The van der Waals surface area contributed by atoms with Gasteiger partial charge in [0.1, 0.15) is 5.75 Å². The van der Waals surface area contributed by atoms with Gasteiger partial charge in [0.15, 0.2) is 0 Å². The molecule has 0 saturated carbocycles. The first kappa shape index (κ1) is 18.4. The van der Waals surface area contributed by atoms with Gasteiger partial charge in [0.2, 0.25) is 0 Å². The van der Waals surface area contributed by atoms with Gasteiger partial charge in [-0.05, 0) is 37.6 Å². The summed E-state index contributed by atoms with van der Waals surface area (Å²) in [6.45, 7) is 9.65. The number of ether oxygens (including phenoxy) is 3. The van der Waals surface area contributed by atoms with Crippen molar-refractivity contribution >= 4 is 15.9 Å². The maximum Gasteiger partial charge on any atom is 0.119 e. The van der Waals surface area contributed by atoms with Crippen LogP contribution in [0.2, 0.25) is 0 Å². The highest BCUT2D eigenvalue weighted by molar-refractivity contribution is 9.10. The minimum atomic E-state index is 0.740. The Morgan fingerprint density at radius 1 is 1.05 bits per heavy atom. The lowest BCUT2D eigenvalue weighted by Crippen LogP contribution is -2.31. The summed E-state index contributed by atoms with van der Waals surface area (Å²) in [6, 6.07) is 6.05. The van der Waals surface area contributed by atoms with Gasteiger partial charge in [-0.1, -0.05) is 15.9 Å². The van der Waals surface area contributed by atoms with E-state index in [-0.39, 0.29) is 0 Å². The number of rotatable bonds is 11. The van der Waals surface area contributed by atoms with Crippen molar-refractivity contribution in [1.29, 1.82) is 0 Å². The lowest BCUT2D eigenvalue weighted by atomic mass is 10.2. The van der Waals surface area contributed by atoms with Gasteiger partial charge in [0.05, 0.1) is 20.3 Å². The zero-order chi connectivity index (χ0) is 15.5. The molecular weight excluding hydrogens is 334 g/mol. The van der Waals surface area contributed by atoms with E-state index in [0.29, 0.717) is 0 Å². The van der Waals surface area contributed by atoms with Crippen molar-refractivity contribution in [2.75, 3.05) is 46.6 Å². The highest BCUT2D eigenvalue weighted by Crippen LogP contribution is 2.23. The van der Waals surface area contributed by atoms with E-state index >= 15 is 0 Å². The topological polar surface area (TPSA) is 30.9 Å². The first-order valence-corrected chi connectivity index (χ1v) is 8.20. The molecule has 0 fully saturated rings. The molecular formula is C16H26BrNO3. The number of nitrogens with zero attached hydrogens (tertiary/aromatic N) is 1. The van der Waals surface area contributed by atoms with Gasteiger partial charge in [-0.25, -0.2) is 0 Å². The monoisotopic (exact) mass is 359 g/mol. The van der Waals surface area contributed by atoms with E-state index < -0.39 is 0 Å². The summed E-state index contributed by atoms with van der Waals surface area (Å²) in [5.74, 6) is 0.878. The van der Waals surface area contributed by atoms with Gasteiger partial charge in [0, 0.05) is 37.3 Å². The van der Waals surface area contributed by atoms with E-state index in [1.165, 1.54) is 5.56 Å². The molecule has 0 aliphatic heterocycles. The van der Waals surface area contributed by atoms with Crippen molar-refractivity contribution in [3.05, 3.63) is 28.2 Å². The highest BCUT2D eigenvalue weighted by Gasteiger charge is 2.09. The summed E-state index contributed by atoms with van der Waals surface area (Å²) in [7, 11) is 1.69. The summed E-state index contributed by atoms with van der Waals surface area (Å²) >= 11 is 3.61. The molecule has 0 atom stereocenters. The molecule has 0 saturated heterocycles. The van der Waals surface area contributed by atoms with Gasteiger partial charge in [-0.15, -0.1) is 0 Å². The average molecular weight is 360 g/mol. The molecule has 5 heteroatoms. The fourth-order valence-electron chi connectivity index (χ4n) is 1.99. The molecule has 4 nitrogen and oxygen atoms in total. The minimum absolute atomic E-state index is 0.740. The van der Waals surface area contributed by atoms with Crippen LogP contribution in [0, 0.1) is 0 Å². The molecule has 0 amide bonds. The Bertz CT molecular complexity index is 391. The van der Waals surface area contributed by atoms with Crippen molar-refractivity contribution < 1.29 is 14.2 Å². The van der Waals surface area contributed by atoms with Gasteiger partial charge >= 0.3 is 0 Å². The van der Waals surface area contributed by atoms with Gasteiger partial charge in [-0.3, -0.25) is 4.90 Å². The van der Waals surface area contributed by atoms with Crippen molar-refractivity contribution in [2.24, 2.45) is 0 Å². The Hall–Kier alpha value is -0.620. The molecule has 0 bridgehead atoms. The van der Waals surface area contributed by atoms with Crippen LogP contribution in [0.15, 0.2) is 22.7 Å². The fourth-order valence-corrected chi connectivity index (χ4v) is 2.36. The Kier molecular flexibility index (Phi) is 9.67. The summed E-state index contributed by atoms with van der Waals surface area (Å²) in [5.41, 5.74) is 1.21. The standard InChI is InChI=1S/C16H26BrNO3/c1-4-20-10-8-18(9-11-21-5-2)13-14-12-15(19-3)6-7-16(14)17/h6-7,12H,4-5,8-11,13H2,1-3H3. The first-order valence-electron chi connectivity index (χ1n) is 7.41. The van der Waals surface area contributed by atoms with Crippen molar-refractivity contribution in [3.63, 3.8) is 0 Å². The molecule has 0 aliphatic rings. The zero-order valence-corrected chi connectivity index (χ0v) is 14.8. The second-order valence-electron chi connectivity index (χ2n) is 4.63. The van der Waals surface area contributed by atoms with Gasteiger partial charge in [0.25, 0.3) is 0 Å². The summed E-state index contributed by atoms with van der Waals surface area (Å²) in [4.78, 5) is 2.34. The van der Waals surface area contributed by atoms with Gasteiger partial charge < -0.3 is 14.2 Å². The zero-order valence-electron chi connectivity index (χ0n) is 13.2. The van der Waals surface area contributed by atoms with Crippen LogP contribution in [0.1, 0.15) is 19.4 Å². The van der Waals surface area contributed by atoms with Crippen LogP contribution in [-0.4, -0.2) is 51.5 Å². The lowest BCUT2D eigenvalue weighted by Gasteiger charge is -2.23. The van der Waals surface area contributed by atoms with Crippen LogP contribution in [0.4, 0.5) is 0 Å². The Morgan fingerprint density at radius 2 is 1.67 bits per heavy atom. The molecule has 0 spiro atoms. The van der Waals surface area contributed by atoms with Crippen molar-refractivity contribution in [2.45, 2.75) is 20.4 Å². The van der Waals surface area contributed by atoms with E-state index in [9.17, 15) is 0 Å². The number of methoxy groups -OCH3 is 1. The van der Waals surface area contributed by atoms with Crippen LogP contribution in [-0.2, 0) is 16.0 Å². The Balaban J connectivity index is 2.64. The van der Waals surface area contributed by atoms with Crippen LogP contribution >= 0.6 is 15.9 Å². The Labute approximate surface area is 136 Å². The third-order valence-electron chi connectivity index (χ3n) is 3.16. The normalized spacial score (nSPS) is 11.1. The van der Waals surface area contributed by atoms with E-state index in [1.54, 1.807) is 7.11 Å². The second kappa shape index (κ2) is 11.0. The van der Waals surface area contributed by atoms with Crippen molar-refractivity contribution in [3.8, 4) is 5.75 Å². The van der Waals surface area contributed by atoms with Gasteiger partial charge in [-0.2, -0.15) is 0 Å². The maximum atomic E-state index is 5.46. The molecule has 1 aromatic rings. The predicted octanol–water partition coefficient (Wildman–Crippen LogP) is 3.33. The first-order chi connectivity index (χ1) is 10.2. The summed E-state index contributed by atoms with van der Waals surface area (Å²) in [6.07, 6.45) is 0. The molecule has 120 valence electrons. The van der Waals surface area contributed by atoms with Crippen LogP contribution in [0.3, 0.4) is 0 Å². The molecule has 0 unspecified atom stereocenters. The second-order valence-corrected chi connectivity index (χ2v) is 5.48. The third-order valence-corrected chi connectivity index (χ3v) is 3.93. The smallest absolute Gasteiger partial charge is 0.119 e. The Morgan fingerprint density at radius 3 is 2.19 bits per heavy atom. The lowest BCUT2D eigenvalue weighted by molar-refractivity contribution is 0.0797. The number of hydrogen-bond acceptors (Lipinski definition) is 4. The summed E-state index contributed by atoms with van der Waals surface area (Å²) in [5, 5.41) is 0. The quantitative estimate of drug-likeness (QED) is 0.567. The maximum absolute atomic E-state index is 5.46. The number of hydrogen-bond donors (Lipinski definition) is 0. The number of halogens is 1. The van der Waals surface area contributed by atoms with Crippen LogP contribution < -0.4 is 4.74 Å². The molecule has 0 N–H and O–H groups in total. The molecule has 0 heterocycles. The molecule has 1 aromatic carbocycles. The van der Waals surface area contributed by atoms with Crippen LogP contribution in [0.25, 0.3) is 0 Å². The van der Waals surface area contributed by atoms with E-state index in [2.05, 4.69) is 26.9 Å². The average Bonchev–Trinajstić information content (AvgIpc) is 2.49. The fraction of sp³-hybridized carbons (Fsp3) is 0.625. The molecule has 1 rings (SSSR count). The predicted molar refractivity (Wildman–Crippen MR) is 89.0 cm³/mol. The van der Waals surface area contributed by atoms with E-state index in [4.69, 9.17) is 14.2 Å². The molecule has 0 aromatic heterocycles. The van der Waals surface area contributed by atoms with Crippen LogP contribution in [0.5, 0.6) is 5.75 Å². The SMILES string of the molecule is CCOCCN(CCOCC)Cc1cc(OC)ccc1Br. The molecule has 21 heavy (non-hydrogen) atoms. The largest absolute Gasteiger partial charge is 0.497 e. The van der Waals surface area contributed by atoms with E-state index in [1.807, 2.05) is 26.0 Å².